The first-order valence-corrected chi connectivity index (χ1v) is 10.0. The lowest BCUT2D eigenvalue weighted by atomic mass is 9.80. The molecule has 3 fully saturated rings. The summed E-state index contributed by atoms with van der Waals surface area (Å²) >= 11 is 0. The van der Waals surface area contributed by atoms with Crippen molar-refractivity contribution in [1.29, 1.82) is 0 Å². The Morgan fingerprint density at radius 2 is 1.69 bits per heavy atom. The van der Waals surface area contributed by atoms with E-state index in [2.05, 4.69) is 5.32 Å². The van der Waals surface area contributed by atoms with E-state index in [1.165, 1.54) is 57.1 Å². The van der Waals surface area contributed by atoms with Gasteiger partial charge >= 0.3 is 0 Å². The second kappa shape index (κ2) is 7.35. The summed E-state index contributed by atoms with van der Waals surface area (Å²) < 4.78 is 0. The second-order valence-electron chi connectivity index (χ2n) is 8.26. The van der Waals surface area contributed by atoms with E-state index in [4.69, 9.17) is 0 Å². The molecule has 1 aromatic carbocycles. The first-order valence-electron chi connectivity index (χ1n) is 10.0. The third kappa shape index (κ3) is 3.47. The molecule has 4 rings (SSSR count). The molecule has 0 radical (unpaired) electrons. The topological polar surface area (TPSA) is 76.7 Å². The number of rotatable bonds is 4. The zero-order valence-corrected chi connectivity index (χ0v) is 15.2. The molecular weight excluding hydrogens is 330 g/mol. The zero-order valence-electron chi connectivity index (χ0n) is 15.2. The fraction of sp³-hybridized carbons (Fsp3) is 0.650. The van der Waals surface area contributed by atoms with Crippen LogP contribution in [0.15, 0.2) is 24.3 Å². The molecule has 2 saturated heterocycles. The van der Waals surface area contributed by atoms with Crippen molar-refractivity contribution in [1.82, 2.24) is 5.32 Å². The number of fused-ring (bicyclic) bond motifs is 2. The van der Waals surface area contributed by atoms with Crippen LogP contribution in [-0.4, -0.2) is 35.0 Å². The molecule has 6 nitrogen and oxygen atoms in total. The summed E-state index contributed by atoms with van der Waals surface area (Å²) in [6.45, 7) is 0. The highest BCUT2D eigenvalue weighted by Gasteiger charge is 2.46. The Balaban J connectivity index is 1.42. The number of hydrogen-bond acceptors (Lipinski definition) is 3. The summed E-state index contributed by atoms with van der Waals surface area (Å²) in [5.74, 6) is -0.180. The number of non-ortho nitro benzene ring substituents is 1. The SMILES string of the molecule is O=C(NC1C[C@H]2CCC[C@H](C1)[NH+]2C1CCCC1)c1cccc([N+](=O)[O-])c1. The fourth-order valence-electron chi connectivity index (χ4n) is 5.64. The minimum atomic E-state index is -0.454. The molecule has 6 heteroatoms. The third-order valence-corrected chi connectivity index (χ3v) is 6.67. The highest BCUT2D eigenvalue weighted by atomic mass is 16.6. The maximum Gasteiger partial charge on any atom is 0.270 e. The van der Waals surface area contributed by atoms with Crippen molar-refractivity contribution in [3.05, 3.63) is 39.9 Å². The summed E-state index contributed by atoms with van der Waals surface area (Å²) in [5.41, 5.74) is 0.352. The number of carbonyl (C=O) groups is 1. The van der Waals surface area contributed by atoms with E-state index < -0.39 is 4.92 Å². The van der Waals surface area contributed by atoms with Crippen LogP contribution < -0.4 is 10.2 Å². The number of amides is 1. The smallest absolute Gasteiger partial charge is 0.270 e. The molecule has 26 heavy (non-hydrogen) atoms. The van der Waals surface area contributed by atoms with E-state index in [0.29, 0.717) is 17.6 Å². The number of benzene rings is 1. The van der Waals surface area contributed by atoms with Crippen molar-refractivity contribution in [2.75, 3.05) is 0 Å². The average molecular weight is 358 g/mol. The maximum absolute atomic E-state index is 12.6. The van der Waals surface area contributed by atoms with Crippen LogP contribution in [0.2, 0.25) is 0 Å². The van der Waals surface area contributed by atoms with Gasteiger partial charge in [-0.25, -0.2) is 0 Å². The van der Waals surface area contributed by atoms with Gasteiger partial charge in [-0.15, -0.1) is 0 Å². The summed E-state index contributed by atoms with van der Waals surface area (Å²) in [6.07, 6.45) is 11.4. The molecular formula is C20H28N3O3+. The number of quaternary nitrogens is 1. The minimum Gasteiger partial charge on any atom is -0.349 e. The monoisotopic (exact) mass is 358 g/mol. The Morgan fingerprint density at radius 3 is 2.35 bits per heavy atom. The molecule has 1 saturated carbocycles. The van der Waals surface area contributed by atoms with Gasteiger partial charge < -0.3 is 10.2 Å². The highest BCUT2D eigenvalue weighted by Crippen LogP contribution is 2.26. The summed E-state index contributed by atoms with van der Waals surface area (Å²) in [6, 6.07) is 8.39. The van der Waals surface area contributed by atoms with Gasteiger partial charge in [0.1, 0.15) is 0 Å². The van der Waals surface area contributed by atoms with Crippen molar-refractivity contribution in [2.24, 2.45) is 0 Å². The maximum atomic E-state index is 12.6. The Kier molecular flexibility index (Phi) is 4.94. The van der Waals surface area contributed by atoms with Crippen LogP contribution in [-0.2, 0) is 0 Å². The lowest BCUT2D eigenvalue weighted by Crippen LogP contribution is -3.24. The van der Waals surface area contributed by atoms with Crippen LogP contribution >= 0.6 is 0 Å². The number of piperidine rings is 2. The number of nitrogens with zero attached hydrogens (tertiary/aromatic N) is 1. The van der Waals surface area contributed by atoms with Crippen LogP contribution in [0.25, 0.3) is 0 Å². The number of nitro groups is 1. The molecule has 0 aromatic heterocycles. The summed E-state index contributed by atoms with van der Waals surface area (Å²) in [5, 5.41) is 14.1. The Hall–Kier alpha value is -1.95. The van der Waals surface area contributed by atoms with E-state index in [1.807, 2.05) is 4.90 Å². The van der Waals surface area contributed by atoms with Crippen LogP contribution in [0.4, 0.5) is 5.69 Å². The molecule has 2 N–H and O–H groups in total. The molecule has 2 atom stereocenters. The van der Waals surface area contributed by atoms with Crippen LogP contribution in [0, 0.1) is 10.1 Å². The Bertz CT molecular complexity index is 673. The van der Waals surface area contributed by atoms with Crippen molar-refractivity contribution >= 4 is 11.6 Å². The summed E-state index contributed by atoms with van der Waals surface area (Å²) in [4.78, 5) is 24.9. The predicted molar refractivity (Wildman–Crippen MR) is 98.2 cm³/mol. The largest absolute Gasteiger partial charge is 0.349 e. The molecule has 0 spiro atoms. The van der Waals surface area contributed by atoms with E-state index in [-0.39, 0.29) is 17.6 Å². The first-order chi connectivity index (χ1) is 12.6. The molecule has 2 bridgehead atoms. The lowest BCUT2D eigenvalue weighted by Gasteiger charge is -2.48. The Morgan fingerprint density at radius 1 is 1.04 bits per heavy atom. The molecule has 2 heterocycles. The van der Waals surface area contributed by atoms with E-state index in [0.717, 1.165) is 18.9 Å². The minimum absolute atomic E-state index is 0.0324. The normalized spacial score (nSPS) is 31.5. The lowest BCUT2D eigenvalue weighted by molar-refractivity contribution is -0.982. The highest BCUT2D eigenvalue weighted by molar-refractivity contribution is 5.95. The third-order valence-electron chi connectivity index (χ3n) is 6.67. The molecule has 2 aliphatic heterocycles. The van der Waals surface area contributed by atoms with Gasteiger partial charge in [-0.3, -0.25) is 14.9 Å². The van der Waals surface area contributed by atoms with Gasteiger partial charge in [0.25, 0.3) is 11.6 Å². The van der Waals surface area contributed by atoms with E-state index in [1.54, 1.807) is 12.1 Å². The quantitative estimate of drug-likeness (QED) is 0.640. The standard InChI is InChI=1S/C20H27N3O3/c24-20(14-5-3-10-19(11-14)23(25)26)21-15-12-17-8-4-9-18(13-15)22(17)16-6-1-2-7-16/h3,5,10-11,15-18H,1-2,4,6-9,12-13H2,(H,21,24)/p+1/t17-,18-/m1/s1. The van der Waals surface area contributed by atoms with Gasteiger partial charge in [0.05, 0.1) is 23.0 Å². The van der Waals surface area contributed by atoms with Crippen LogP contribution in [0.5, 0.6) is 0 Å². The van der Waals surface area contributed by atoms with E-state index >= 15 is 0 Å². The predicted octanol–water partition coefficient (Wildman–Crippen LogP) is 2.24. The van der Waals surface area contributed by atoms with Gasteiger partial charge in [0, 0.05) is 36.6 Å². The molecule has 1 aliphatic carbocycles. The number of nitrogens with one attached hydrogen (secondary N) is 2. The molecule has 1 aromatic rings. The number of hydrogen-bond donors (Lipinski definition) is 2. The first kappa shape index (κ1) is 17.5. The van der Waals surface area contributed by atoms with Gasteiger partial charge in [0.2, 0.25) is 0 Å². The van der Waals surface area contributed by atoms with Gasteiger partial charge in [-0.1, -0.05) is 6.07 Å². The second-order valence-corrected chi connectivity index (χ2v) is 8.26. The molecule has 3 aliphatic rings. The van der Waals surface area contributed by atoms with Crippen molar-refractivity contribution in [2.45, 2.75) is 82.0 Å². The summed E-state index contributed by atoms with van der Waals surface area (Å²) in [7, 11) is 0. The van der Waals surface area contributed by atoms with E-state index in [9.17, 15) is 14.9 Å². The Labute approximate surface area is 154 Å². The van der Waals surface area contributed by atoms with Crippen molar-refractivity contribution < 1.29 is 14.6 Å². The molecule has 0 unspecified atom stereocenters. The van der Waals surface area contributed by atoms with Crippen molar-refractivity contribution in [3.63, 3.8) is 0 Å². The average Bonchev–Trinajstić information content (AvgIpc) is 3.15. The zero-order chi connectivity index (χ0) is 18.1. The van der Waals surface area contributed by atoms with Crippen LogP contribution in [0.3, 0.4) is 0 Å². The van der Waals surface area contributed by atoms with Gasteiger partial charge in [0.15, 0.2) is 0 Å². The van der Waals surface area contributed by atoms with Gasteiger partial charge in [-0.2, -0.15) is 0 Å². The number of carbonyl (C=O) groups excluding carboxylic acids is 1. The number of nitro benzene ring substituents is 1. The van der Waals surface area contributed by atoms with Gasteiger partial charge in [-0.05, 0) is 51.0 Å². The fourth-order valence-corrected chi connectivity index (χ4v) is 5.64. The molecule has 140 valence electrons. The van der Waals surface area contributed by atoms with Crippen LogP contribution in [0.1, 0.15) is 68.1 Å². The molecule has 1 amide bonds. The van der Waals surface area contributed by atoms with Crippen molar-refractivity contribution in [3.8, 4) is 0 Å².